The summed E-state index contributed by atoms with van der Waals surface area (Å²) in [6.07, 6.45) is 0.676. The summed E-state index contributed by atoms with van der Waals surface area (Å²) in [5, 5.41) is 3.75. The Morgan fingerprint density at radius 3 is 2.78 bits per heavy atom. The second-order valence-electron chi connectivity index (χ2n) is 5.53. The normalized spacial score (nSPS) is 14.7. The first-order valence-corrected chi connectivity index (χ1v) is 9.40. The lowest BCUT2D eigenvalue weighted by atomic mass is 10.1. The highest BCUT2D eigenvalue weighted by molar-refractivity contribution is 7.94. The molecule has 2 aromatic rings. The molecule has 0 spiro atoms. The molecule has 3 heterocycles. The monoisotopic (exact) mass is 355 g/mol. The van der Waals surface area contributed by atoms with Crippen LogP contribution in [0, 0.1) is 13.8 Å². The molecule has 1 aliphatic rings. The second kappa shape index (κ2) is 5.64. The van der Waals surface area contributed by atoms with Gasteiger partial charge in [-0.2, -0.15) is 0 Å². The number of sulfonamides is 1. The number of thiophene rings is 1. The zero-order valence-corrected chi connectivity index (χ0v) is 14.7. The first kappa shape index (κ1) is 16.0. The standard InChI is InChI=1S/C14H17N3O4S2/c1-8-9(2)15-21-14(8)16-23(19,20)13-6-11-7-17(10(3)18)5-4-12(11)22-13/h6,16H,4-5,7H2,1-3H3. The molecule has 0 radical (unpaired) electrons. The predicted octanol–water partition coefficient (Wildman–Crippen LogP) is 2.06. The van der Waals surface area contributed by atoms with E-state index in [2.05, 4.69) is 9.88 Å². The van der Waals surface area contributed by atoms with Gasteiger partial charge in [-0.25, -0.2) is 13.1 Å². The summed E-state index contributed by atoms with van der Waals surface area (Å²) < 4.78 is 32.7. The van der Waals surface area contributed by atoms with Crippen LogP contribution in [0.1, 0.15) is 28.6 Å². The van der Waals surface area contributed by atoms with E-state index in [0.29, 0.717) is 30.8 Å². The molecular weight excluding hydrogens is 338 g/mol. The number of hydrogen-bond acceptors (Lipinski definition) is 6. The largest absolute Gasteiger partial charge is 0.338 e. The Balaban J connectivity index is 1.87. The summed E-state index contributed by atoms with van der Waals surface area (Å²) in [6.45, 7) is 6.09. The van der Waals surface area contributed by atoms with E-state index in [0.717, 1.165) is 10.4 Å². The molecule has 1 amide bonds. The van der Waals surface area contributed by atoms with Gasteiger partial charge in [0.05, 0.1) is 5.69 Å². The number of hydrogen-bond donors (Lipinski definition) is 1. The van der Waals surface area contributed by atoms with Gasteiger partial charge in [-0.05, 0) is 31.9 Å². The van der Waals surface area contributed by atoms with Crippen molar-refractivity contribution in [3.05, 3.63) is 27.8 Å². The van der Waals surface area contributed by atoms with Crippen LogP contribution in [-0.4, -0.2) is 30.9 Å². The van der Waals surface area contributed by atoms with Gasteiger partial charge in [0.15, 0.2) is 0 Å². The van der Waals surface area contributed by atoms with E-state index in [1.807, 2.05) is 0 Å². The van der Waals surface area contributed by atoms with Crippen LogP contribution in [0.4, 0.5) is 5.88 Å². The summed E-state index contributed by atoms with van der Waals surface area (Å²) in [7, 11) is -3.72. The maximum Gasteiger partial charge on any atom is 0.273 e. The highest BCUT2D eigenvalue weighted by Gasteiger charge is 2.26. The minimum Gasteiger partial charge on any atom is -0.338 e. The second-order valence-corrected chi connectivity index (χ2v) is 8.58. The topological polar surface area (TPSA) is 92.5 Å². The van der Waals surface area contributed by atoms with Crippen LogP contribution >= 0.6 is 11.3 Å². The molecule has 1 aliphatic heterocycles. The van der Waals surface area contributed by atoms with E-state index in [-0.39, 0.29) is 16.0 Å². The molecule has 0 bridgehead atoms. The molecule has 0 unspecified atom stereocenters. The summed E-state index contributed by atoms with van der Waals surface area (Å²) in [4.78, 5) is 14.2. The zero-order chi connectivity index (χ0) is 16.8. The van der Waals surface area contributed by atoms with Gasteiger partial charge in [0.1, 0.15) is 4.21 Å². The fraction of sp³-hybridized carbons (Fsp3) is 0.429. The number of fused-ring (bicyclic) bond motifs is 1. The van der Waals surface area contributed by atoms with Gasteiger partial charge in [-0.3, -0.25) is 4.79 Å². The van der Waals surface area contributed by atoms with E-state index in [4.69, 9.17) is 4.52 Å². The number of anilines is 1. The number of aromatic nitrogens is 1. The predicted molar refractivity (Wildman–Crippen MR) is 85.9 cm³/mol. The lowest BCUT2D eigenvalue weighted by molar-refractivity contribution is -0.129. The third-order valence-electron chi connectivity index (χ3n) is 3.94. The van der Waals surface area contributed by atoms with Gasteiger partial charge < -0.3 is 9.42 Å². The molecule has 0 fully saturated rings. The van der Waals surface area contributed by atoms with Gasteiger partial charge >= 0.3 is 0 Å². The van der Waals surface area contributed by atoms with Crippen molar-refractivity contribution < 1.29 is 17.7 Å². The van der Waals surface area contributed by atoms with Crippen molar-refractivity contribution in [2.75, 3.05) is 11.3 Å². The first-order valence-electron chi connectivity index (χ1n) is 7.10. The fourth-order valence-electron chi connectivity index (χ4n) is 2.39. The molecule has 0 aromatic carbocycles. The third kappa shape index (κ3) is 2.98. The van der Waals surface area contributed by atoms with E-state index < -0.39 is 10.0 Å². The van der Waals surface area contributed by atoms with Crippen LogP contribution in [0.2, 0.25) is 0 Å². The molecule has 2 aromatic heterocycles. The number of amides is 1. The SMILES string of the molecule is CC(=O)N1CCc2sc(S(=O)(=O)Nc3onc(C)c3C)cc2C1. The number of rotatable bonds is 3. The Labute approximate surface area is 138 Å². The van der Waals surface area contributed by atoms with E-state index >= 15 is 0 Å². The molecular formula is C14H17N3O4S2. The minimum absolute atomic E-state index is 0.00265. The average Bonchev–Trinajstić information content (AvgIpc) is 3.05. The van der Waals surface area contributed by atoms with Crippen molar-refractivity contribution in [1.82, 2.24) is 10.1 Å². The number of aryl methyl sites for hydroxylation is 1. The lowest BCUT2D eigenvalue weighted by Crippen LogP contribution is -2.33. The van der Waals surface area contributed by atoms with E-state index in [9.17, 15) is 13.2 Å². The molecule has 124 valence electrons. The van der Waals surface area contributed by atoms with Crippen molar-refractivity contribution in [3.8, 4) is 0 Å². The maximum absolute atomic E-state index is 12.5. The van der Waals surface area contributed by atoms with Crippen LogP contribution in [0.3, 0.4) is 0 Å². The Morgan fingerprint density at radius 2 is 2.17 bits per heavy atom. The van der Waals surface area contributed by atoms with Crippen LogP contribution in [0.5, 0.6) is 0 Å². The van der Waals surface area contributed by atoms with Crippen molar-refractivity contribution in [2.24, 2.45) is 0 Å². The van der Waals surface area contributed by atoms with Crippen molar-refractivity contribution in [2.45, 2.75) is 37.9 Å². The van der Waals surface area contributed by atoms with E-state index in [1.54, 1.807) is 24.8 Å². The van der Waals surface area contributed by atoms with Crippen LogP contribution in [0.15, 0.2) is 14.8 Å². The number of carbonyl (C=O) groups excluding carboxylic acids is 1. The zero-order valence-electron chi connectivity index (χ0n) is 13.0. The molecule has 0 aliphatic carbocycles. The molecule has 9 heteroatoms. The van der Waals surface area contributed by atoms with Gasteiger partial charge in [0.25, 0.3) is 10.0 Å². The summed E-state index contributed by atoms with van der Waals surface area (Å²) in [5.41, 5.74) is 2.20. The van der Waals surface area contributed by atoms with Crippen LogP contribution in [-0.2, 0) is 27.8 Å². The smallest absolute Gasteiger partial charge is 0.273 e. The number of carbonyl (C=O) groups is 1. The molecule has 0 atom stereocenters. The lowest BCUT2D eigenvalue weighted by Gasteiger charge is -2.25. The Bertz CT molecular complexity index is 867. The molecule has 3 rings (SSSR count). The summed E-state index contributed by atoms with van der Waals surface area (Å²) in [5.74, 6) is 0.136. The summed E-state index contributed by atoms with van der Waals surface area (Å²) in [6, 6.07) is 1.63. The Kier molecular flexibility index (Phi) is 3.93. The Morgan fingerprint density at radius 1 is 1.43 bits per heavy atom. The highest BCUT2D eigenvalue weighted by atomic mass is 32.2. The third-order valence-corrected chi connectivity index (χ3v) is 6.98. The maximum atomic E-state index is 12.5. The van der Waals surface area contributed by atoms with Gasteiger partial charge in [-0.1, -0.05) is 5.16 Å². The van der Waals surface area contributed by atoms with Gasteiger partial charge in [-0.15, -0.1) is 11.3 Å². The van der Waals surface area contributed by atoms with Gasteiger partial charge in [0.2, 0.25) is 11.8 Å². The Hall–Kier alpha value is -1.87. The van der Waals surface area contributed by atoms with Gasteiger partial charge in [0, 0.05) is 30.5 Å². The van der Waals surface area contributed by atoms with Crippen LogP contribution in [0.25, 0.3) is 0 Å². The fourth-order valence-corrected chi connectivity index (χ4v) is 4.98. The average molecular weight is 355 g/mol. The minimum atomic E-state index is -3.72. The quantitative estimate of drug-likeness (QED) is 0.910. The molecule has 7 nitrogen and oxygen atoms in total. The van der Waals surface area contributed by atoms with Crippen LogP contribution < -0.4 is 4.72 Å². The molecule has 0 saturated carbocycles. The molecule has 0 saturated heterocycles. The van der Waals surface area contributed by atoms with Crippen molar-refractivity contribution in [3.63, 3.8) is 0 Å². The molecule has 23 heavy (non-hydrogen) atoms. The van der Waals surface area contributed by atoms with Crippen molar-refractivity contribution in [1.29, 1.82) is 0 Å². The highest BCUT2D eigenvalue weighted by Crippen LogP contribution is 2.32. The number of nitrogens with zero attached hydrogens (tertiary/aromatic N) is 2. The van der Waals surface area contributed by atoms with Crippen molar-refractivity contribution >= 4 is 33.2 Å². The van der Waals surface area contributed by atoms with E-state index in [1.165, 1.54) is 18.3 Å². The first-order chi connectivity index (χ1) is 10.8. The number of nitrogens with one attached hydrogen (secondary N) is 1. The molecule has 1 N–H and O–H groups in total. The summed E-state index contributed by atoms with van der Waals surface area (Å²) >= 11 is 1.24.